The van der Waals surface area contributed by atoms with Crippen LogP contribution in [0, 0.1) is 5.82 Å². The summed E-state index contributed by atoms with van der Waals surface area (Å²) < 4.78 is 13.1. The average Bonchev–Trinajstić information content (AvgIpc) is 2.38. The van der Waals surface area contributed by atoms with Gasteiger partial charge in [0.25, 0.3) is 0 Å². The van der Waals surface area contributed by atoms with Gasteiger partial charge in [0.2, 0.25) is 0 Å². The molecule has 0 aliphatic heterocycles. The molecular weight excluding hydrogens is 245 g/mol. The molecule has 0 fully saturated rings. The Balaban J connectivity index is 2.49. The van der Waals surface area contributed by atoms with E-state index < -0.39 is 6.10 Å². The van der Waals surface area contributed by atoms with E-state index in [2.05, 4.69) is 18.7 Å². The summed E-state index contributed by atoms with van der Waals surface area (Å²) in [5.74, 6) is -0.322. The van der Waals surface area contributed by atoms with Gasteiger partial charge in [-0.3, -0.25) is 0 Å². The first-order valence-electron chi connectivity index (χ1n) is 6.83. The molecular formula is C15H24FNO2. The molecule has 1 rings (SSSR count). The van der Waals surface area contributed by atoms with Crippen molar-refractivity contribution in [1.82, 2.24) is 4.90 Å². The Labute approximate surface area is 114 Å². The minimum Gasteiger partial charge on any atom is -0.396 e. The maximum absolute atomic E-state index is 13.1. The second kappa shape index (κ2) is 8.25. The van der Waals surface area contributed by atoms with Crippen molar-refractivity contribution >= 4 is 0 Å². The largest absolute Gasteiger partial charge is 0.396 e. The van der Waals surface area contributed by atoms with Gasteiger partial charge in [0, 0.05) is 25.7 Å². The second-order valence-electron chi connectivity index (χ2n) is 5.07. The van der Waals surface area contributed by atoms with Crippen molar-refractivity contribution in [2.24, 2.45) is 0 Å². The summed E-state index contributed by atoms with van der Waals surface area (Å²) in [6.45, 7) is 5.90. The first-order valence-corrected chi connectivity index (χ1v) is 6.83. The average molecular weight is 269 g/mol. The number of hydrogen-bond acceptors (Lipinski definition) is 3. The van der Waals surface area contributed by atoms with E-state index in [1.54, 1.807) is 12.1 Å². The quantitative estimate of drug-likeness (QED) is 0.761. The molecule has 1 atom stereocenters. The third kappa shape index (κ3) is 5.68. The van der Waals surface area contributed by atoms with E-state index in [0.717, 1.165) is 19.5 Å². The molecule has 0 heterocycles. The van der Waals surface area contributed by atoms with E-state index in [-0.39, 0.29) is 12.4 Å². The zero-order chi connectivity index (χ0) is 14.3. The number of halogens is 1. The maximum Gasteiger partial charge on any atom is 0.123 e. The molecule has 0 radical (unpaired) electrons. The normalized spacial score (nSPS) is 13.2. The highest BCUT2D eigenvalue weighted by atomic mass is 19.1. The van der Waals surface area contributed by atoms with E-state index >= 15 is 0 Å². The Kier molecular flexibility index (Phi) is 6.99. The van der Waals surface area contributed by atoms with Gasteiger partial charge in [-0.05, 0) is 44.4 Å². The molecule has 0 spiro atoms. The zero-order valence-corrected chi connectivity index (χ0v) is 11.7. The first kappa shape index (κ1) is 16.1. The molecule has 1 aromatic rings. The van der Waals surface area contributed by atoms with Crippen molar-refractivity contribution in [3.63, 3.8) is 0 Å². The van der Waals surface area contributed by atoms with Crippen LogP contribution in [0.15, 0.2) is 24.3 Å². The summed E-state index contributed by atoms with van der Waals surface area (Å²) in [6, 6.07) is 6.46. The van der Waals surface area contributed by atoms with Crippen LogP contribution in [-0.4, -0.2) is 40.9 Å². The van der Waals surface area contributed by atoms with Gasteiger partial charge in [0.1, 0.15) is 5.82 Å². The minimum atomic E-state index is -0.647. The molecule has 0 bridgehead atoms. The van der Waals surface area contributed by atoms with E-state index in [9.17, 15) is 9.50 Å². The van der Waals surface area contributed by atoms with Crippen LogP contribution in [0.25, 0.3) is 0 Å². The Morgan fingerprint density at radius 1 is 1.26 bits per heavy atom. The topological polar surface area (TPSA) is 43.7 Å². The summed E-state index contributed by atoms with van der Waals surface area (Å²) in [5.41, 5.74) is 0.617. The van der Waals surface area contributed by atoms with Gasteiger partial charge < -0.3 is 15.1 Å². The number of nitrogens with zero attached hydrogens (tertiary/aromatic N) is 1. The van der Waals surface area contributed by atoms with Gasteiger partial charge in [0.05, 0.1) is 6.10 Å². The fraction of sp³-hybridized carbons (Fsp3) is 0.600. The van der Waals surface area contributed by atoms with Crippen LogP contribution in [0.2, 0.25) is 0 Å². The van der Waals surface area contributed by atoms with E-state index in [4.69, 9.17) is 5.11 Å². The summed E-state index contributed by atoms with van der Waals surface area (Å²) >= 11 is 0. The van der Waals surface area contributed by atoms with Crippen LogP contribution >= 0.6 is 0 Å². The molecule has 0 amide bonds. The van der Waals surface area contributed by atoms with Crippen molar-refractivity contribution in [3.8, 4) is 0 Å². The predicted octanol–water partition coefficient (Wildman–Crippen LogP) is 2.34. The van der Waals surface area contributed by atoms with Crippen LogP contribution in [0.4, 0.5) is 4.39 Å². The maximum atomic E-state index is 13.1. The molecule has 0 aromatic heterocycles. The van der Waals surface area contributed by atoms with Gasteiger partial charge in [0.15, 0.2) is 0 Å². The number of aliphatic hydroxyl groups is 2. The summed E-state index contributed by atoms with van der Waals surface area (Å²) in [7, 11) is 0. The highest BCUT2D eigenvalue weighted by Crippen LogP contribution is 2.18. The lowest BCUT2D eigenvalue weighted by molar-refractivity contribution is 0.125. The van der Waals surface area contributed by atoms with Crippen molar-refractivity contribution in [2.45, 2.75) is 38.8 Å². The Morgan fingerprint density at radius 2 is 2.00 bits per heavy atom. The summed E-state index contributed by atoms with van der Waals surface area (Å²) in [5, 5.41) is 18.9. The number of rotatable bonds is 8. The molecule has 1 unspecified atom stereocenters. The van der Waals surface area contributed by atoms with Crippen LogP contribution in [0.5, 0.6) is 0 Å². The van der Waals surface area contributed by atoms with E-state index in [1.807, 2.05) is 0 Å². The van der Waals surface area contributed by atoms with Crippen molar-refractivity contribution in [1.29, 1.82) is 0 Å². The van der Waals surface area contributed by atoms with Crippen LogP contribution in [0.1, 0.15) is 38.4 Å². The molecule has 2 N–H and O–H groups in total. The molecule has 0 saturated heterocycles. The molecule has 0 aliphatic rings. The minimum absolute atomic E-state index is 0.176. The Morgan fingerprint density at radius 3 is 2.58 bits per heavy atom. The third-order valence-corrected chi connectivity index (χ3v) is 3.26. The predicted molar refractivity (Wildman–Crippen MR) is 74.4 cm³/mol. The van der Waals surface area contributed by atoms with Crippen molar-refractivity contribution in [3.05, 3.63) is 35.6 Å². The number of hydrogen-bond donors (Lipinski definition) is 2. The van der Waals surface area contributed by atoms with Crippen LogP contribution in [0.3, 0.4) is 0 Å². The lowest BCUT2D eigenvalue weighted by Crippen LogP contribution is -2.34. The highest BCUT2D eigenvalue weighted by molar-refractivity contribution is 5.18. The molecule has 3 nitrogen and oxygen atoms in total. The molecule has 4 heteroatoms. The van der Waals surface area contributed by atoms with Gasteiger partial charge >= 0.3 is 0 Å². The summed E-state index contributed by atoms with van der Waals surface area (Å²) in [6.07, 6.45) is 0.646. The fourth-order valence-electron chi connectivity index (χ4n) is 2.07. The number of benzene rings is 1. The van der Waals surface area contributed by atoms with Crippen molar-refractivity contribution in [2.75, 3.05) is 19.7 Å². The first-order chi connectivity index (χ1) is 9.04. The third-order valence-electron chi connectivity index (χ3n) is 3.26. The molecule has 0 aliphatic carbocycles. The fourth-order valence-corrected chi connectivity index (χ4v) is 2.07. The van der Waals surface area contributed by atoms with Gasteiger partial charge in [-0.1, -0.05) is 12.1 Å². The second-order valence-corrected chi connectivity index (χ2v) is 5.07. The molecule has 1 aromatic carbocycles. The number of aliphatic hydroxyl groups excluding tert-OH is 2. The SMILES string of the molecule is CC(C)N(CCCO)CCC(O)c1cccc(F)c1. The Bertz CT molecular complexity index is 371. The van der Waals surface area contributed by atoms with Crippen LogP contribution in [-0.2, 0) is 0 Å². The van der Waals surface area contributed by atoms with Crippen LogP contribution < -0.4 is 0 Å². The molecule has 19 heavy (non-hydrogen) atoms. The summed E-state index contributed by atoms with van der Waals surface area (Å²) in [4.78, 5) is 2.21. The Hall–Kier alpha value is -0.970. The van der Waals surface area contributed by atoms with Gasteiger partial charge in [-0.2, -0.15) is 0 Å². The standard InChI is InChI=1S/C15H24FNO2/c1-12(2)17(8-4-10-18)9-7-15(19)13-5-3-6-14(16)11-13/h3,5-6,11-12,15,18-19H,4,7-10H2,1-2H3. The van der Waals surface area contributed by atoms with E-state index in [0.29, 0.717) is 18.0 Å². The highest BCUT2D eigenvalue weighted by Gasteiger charge is 2.13. The lowest BCUT2D eigenvalue weighted by Gasteiger charge is -2.27. The zero-order valence-electron chi connectivity index (χ0n) is 11.7. The smallest absolute Gasteiger partial charge is 0.123 e. The lowest BCUT2D eigenvalue weighted by atomic mass is 10.1. The van der Waals surface area contributed by atoms with Gasteiger partial charge in [-0.25, -0.2) is 4.39 Å². The molecule has 0 saturated carbocycles. The van der Waals surface area contributed by atoms with Gasteiger partial charge in [-0.15, -0.1) is 0 Å². The van der Waals surface area contributed by atoms with E-state index in [1.165, 1.54) is 12.1 Å². The van der Waals surface area contributed by atoms with Crippen molar-refractivity contribution < 1.29 is 14.6 Å². The monoisotopic (exact) mass is 269 g/mol. The molecule has 108 valence electrons.